The van der Waals surface area contributed by atoms with E-state index in [2.05, 4.69) is 23.6 Å². The molecule has 3 heteroatoms. The first-order chi connectivity index (χ1) is 7.33. The lowest BCUT2D eigenvalue weighted by molar-refractivity contribution is 0.142. The molecule has 1 atom stereocenters. The molecule has 1 aliphatic heterocycles. The zero-order valence-corrected chi connectivity index (χ0v) is 10.8. The van der Waals surface area contributed by atoms with Crippen molar-refractivity contribution in [1.29, 1.82) is 0 Å². The number of unbranched alkanes of at least 4 members (excludes halogenated alkanes) is 1. The molecule has 0 aromatic carbocycles. The number of hydrogen-bond acceptors (Lipinski definition) is 3. The monoisotopic (exact) mass is 231 g/mol. The predicted octanol–water partition coefficient (Wildman–Crippen LogP) is 2.37. The van der Waals surface area contributed by atoms with Crippen LogP contribution in [0.25, 0.3) is 0 Å². The number of nitrogens with zero attached hydrogens (tertiary/aromatic N) is 1. The Bertz CT molecular complexity index is 149. The van der Waals surface area contributed by atoms with Gasteiger partial charge in [0.05, 0.1) is 6.10 Å². The molecule has 1 N–H and O–H groups in total. The number of aliphatic hydroxyl groups excluding tert-OH is 1. The first-order valence-electron chi connectivity index (χ1n) is 6.31. The van der Waals surface area contributed by atoms with Crippen molar-refractivity contribution in [2.75, 3.05) is 31.1 Å². The van der Waals surface area contributed by atoms with Gasteiger partial charge in [-0.2, -0.15) is 11.8 Å². The Labute approximate surface area is 98.4 Å². The van der Waals surface area contributed by atoms with Crippen LogP contribution in [-0.2, 0) is 0 Å². The molecule has 1 fully saturated rings. The molecule has 0 radical (unpaired) electrons. The summed E-state index contributed by atoms with van der Waals surface area (Å²) in [6.45, 7) is 5.85. The van der Waals surface area contributed by atoms with E-state index in [1.807, 2.05) is 0 Å². The fourth-order valence-electron chi connectivity index (χ4n) is 1.96. The predicted molar refractivity (Wildman–Crippen MR) is 68.5 cm³/mol. The van der Waals surface area contributed by atoms with Gasteiger partial charge in [0.25, 0.3) is 0 Å². The molecule has 15 heavy (non-hydrogen) atoms. The topological polar surface area (TPSA) is 23.5 Å². The van der Waals surface area contributed by atoms with Crippen LogP contribution < -0.4 is 0 Å². The van der Waals surface area contributed by atoms with Gasteiger partial charge in [-0.15, -0.1) is 0 Å². The molecule has 1 heterocycles. The van der Waals surface area contributed by atoms with E-state index >= 15 is 0 Å². The van der Waals surface area contributed by atoms with E-state index in [-0.39, 0.29) is 6.10 Å². The third-order valence-electron chi connectivity index (χ3n) is 3.01. The van der Waals surface area contributed by atoms with Gasteiger partial charge in [0.15, 0.2) is 0 Å². The molecule has 1 rings (SSSR count). The first-order valence-corrected chi connectivity index (χ1v) is 7.46. The summed E-state index contributed by atoms with van der Waals surface area (Å²) in [6.07, 6.45) is 5.46. The van der Waals surface area contributed by atoms with Gasteiger partial charge >= 0.3 is 0 Å². The van der Waals surface area contributed by atoms with Crippen LogP contribution in [0.4, 0.5) is 0 Å². The van der Waals surface area contributed by atoms with Gasteiger partial charge in [0.1, 0.15) is 0 Å². The molecule has 2 nitrogen and oxygen atoms in total. The summed E-state index contributed by atoms with van der Waals surface area (Å²) in [5.74, 6) is 2.58. The van der Waals surface area contributed by atoms with Gasteiger partial charge in [0.2, 0.25) is 0 Å². The van der Waals surface area contributed by atoms with Crippen molar-refractivity contribution < 1.29 is 5.11 Å². The highest BCUT2D eigenvalue weighted by atomic mass is 32.2. The summed E-state index contributed by atoms with van der Waals surface area (Å²) in [5.41, 5.74) is 0. The minimum absolute atomic E-state index is 0.0517. The van der Waals surface area contributed by atoms with Crippen LogP contribution in [0, 0.1) is 0 Å². The molecular weight excluding hydrogens is 206 g/mol. The molecule has 0 aromatic rings. The maximum absolute atomic E-state index is 9.69. The van der Waals surface area contributed by atoms with E-state index in [0.717, 1.165) is 19.3 Å². The lowest BCUT2D eigenvalue weighted by atomic mass is 10.1. The molecule has 0 amide bonds. The van der Waals surface area contributed by atoms with E-state index in [0.29, 0.717) is 0 Å². The zero-order valence-electron chi connectivity index (χ0n) is 9.95. The molecule has 0 aliphatic carbocycles. The van der Waals surface area contributed by atoms with Crippen molar-refractivity contribution in [3.05, 3.63) is 0 Å². The van der Waals surface area contributed by atoms with Crippen molar-refractivity contribution in [1.82, 2.24) is 4.90 Å². The second-order valence-corrected chi connectivity index (χ2v) is 5.62. The number of rotatable bonds is 7. The SMILES string of the molecule is CCCC[C@@H](O)CCCN1CCSCC1. The van der Waals surface area contributed by atoms with E-state index < -0.39 is 0 Å². The van der Waals surface area contributed by atoms with Crippen molar-refractivity contribution in [3.63, 3.8) is 0 Å². The average molecular weight is 231 g/mol. The molecule has 1 saturated heterocycles. The van der Waals surface area contributed by atoms with Gasteiger partial charge in [-0.1, -0.05) is 19.8 Å². The zero-order chi connectivity index (χ0) is 10.9. The number of thioether (sulfide) groups is 1. The number of aliphatic hydroxyl groups is 1. The summed E-state index contributed by atoms with van der Waals surface area (Å²) in [7, 11) is 0. The van der Waals surface area contributed by atoms with Crippen LogP contribution in [0.1, 0.15) is 39.0 Å². The maximum atomic E-state index is 9.69. The van der Waals surface area contributed by atoms with E-state index in [4.69, 9.17) is 0 Å². The Morgan fingerprint density at radius 3 is 2.53 bits per heavy atom. The summed E-state index contributed by atoms with van der Waals surface area (Å²) in [4.78, 5) is 2.53. The highest BCUT2D eigenvalue weighted by Gasteiger charge is 2.10. The Kier molecular flexibility index (Phi) is 7.49. The average Bonchev–Trinajstić information content (AvgIpc) is 2.28. The molecule has 0 aromatic heterocycles. The lowest BCUT2D eigenvalue weighted by Crippen LogP contribution is -2.33. The third kappa shape index (κ3) is 6.44. The van der Waals surface area contributed by atoms with Crippen molar-refractivity contribution in [3.8, 4) is 0 Å². The highest BCUT2D eigenvalue weighted by Crippen LogP contribution is 2.11. The molecule has 0 bridgehead atoms. The second kappa shape index (κ2) is 8.43. The molecular formula is C12H25NOS. The van der Waals surface area contributed by atoms with Crippen LogP contribution in [0.15, 0.2) is 0 Å². The molecule has 0 spiro atoms. The van der Waals surface area contributed by atoms with Gasteiger partial charge in [-0.05, 0) is 25.8 Å². The summed E-state index contributed by atoms with van der Waals surface area (Å²) in [5, 5.41) is 9.69. The fourth-order valence-corrected chi connectivity index (χ4v) is 2.94. The summed E-state index contributed by atoms with van der Waals surface area (Å²) >= 11 is 2.06. The number of hydrogen-bond donors (Lipinski definition) is 1. The maximum Gasteiger partial charge on any atom is 0.0540 e. The normalized spacial score (nSPS) is 20.4. The Balaban J connectivity index is 1.94. The Morgan fingerprint density at radius 2 is 1.87 bits per heavy atom. The summed E-state index contributed by atoms with van der Waals surface area (Å²) < 4.78 is 0. The quantitative estimate of drug-likeness (QED) is 0.727. The standard InChI is InChI=1S/C12H25NOS/c1-2-3-5-12(14)6-4-7-13-8-10-15-11-9-13/h12,14H,2-11H2,1H3/t12-/m1/s1. The first kappa shape index (κ1) is 13.3. The molecule has 0 saturated carbocycles. The van der Waals surface area contributed by atoms with Crippen LogP contribution in [-0.4, -0.2) is 47.3 Å². The second-order valence-electron chi connectivity index (χ2n) is 4.39. The Hall–Kier alpha value is 0.270. The van der Waals surface area contributed by atoms with Gasteiger partial charge in [0, 0.05) is 24.6 Å². The van der Waals surface area contributed by atoms with E-state index in [1.54, 1.807) is 0 Å². The van der Waals surface area contributed by atoms with Crippen LogP contribution >= 0.6 is 11.8 Å². The summed E-state index contributed by atoms with van der Waals surface area (Å²) in [6, 6.07) is 0. The van der Waals surface area contributed by atoms with Gasteiger partial charge < -0.3 is 10.0 Å². The smallest absolute Gasteiger partial charge is 0.0540 e. The van der Waals surface area contributed by atoms with Gasteiger partial charge in [-0.3, -0.25) is 0 Å². The molecule has 1 aliphatic rings. The van der Waals surface area contributed by atoms with Gasteiger partial charge in [-0.25, -0.2) is 0 Å². The van der Waals surface area contributed by atoms with Crippen molar-refractivity contribution in [2.24, 2.45) is 0 Å². The van der Waals surface area contributed by atoms with Crippen molar-refractivity contribution in [2.45, 2.75) is 45.1 Å². The van der Waals surface area contributed by atoms with Crippen molar-refractivity contribution >= 4 is 11.8 Å². The minimum atomic E-state index is -0.0517. The lowest BCUT2D eigenvalue weighted by Gasteiger charge is -2.26. The molecule has 90 valence electrons. The van der Waals surface area contributed by atoms with Crippen LogP contribution in [0.5, 0.6) is 0 Å². The Morgan fingerprint density at radius 1 is 1.20 bits per heavy atom. The fraction of sp³-hybridized carbons (Fsp3) is 1.00. The van der Waals surface area contributed by atoms with E-state index in [1.165, 1.54) is 44.0 Å². The third-order valence-corrected chi connectivity index (χ3v) is 3.95. The van der Waals surface area contributed by atoms with Crippen LogP contribution in [0.2, 0.25) is 0 Å². The van der Waals surface area contributed by atoms with Crippen LogP contribution in [0.3, 0.4) is 0 Å². The van der Waals surface area contributed by atoms with E-state index in [9.17, 15) is 5.11 Å². The minimum Gasteiger partial charge on any atom is -0.393 e. The highest BCUT2D eigenvalue weighted by molar-refractivity contribution is 7.99. The molecule has 0 unspecified atom stereocenters. The largest absolute Gasteiger partial charge is 0.393 e.